The number of anilines is 2. The molecule has 2 fully saturated rings. The molecule has 0 saturated carbocycles. The molecule has 35 heteroatoms. The number of nitrogens with one attached hydrogen (secondary N) is 1. The van der Waals surface area contributed by atoms with Crippen LogP contribution < -0.4 is 40.8 Å². The zero-order valence-corrected chi connectivity index (χ0v) is 61.8. The number of carbonyl (C=O) groups is 2. The van der Waals surface area contributed by atoms with Gasteiger partial charge < -0.3 is 80.2 Å². The number of nitrogen functional groups attached to an aromatic ring is 2. The molecular formula is C68H91Cl3N12O18P2. The molecule has 8 aromatic rings. The lowest BCUT2D eigenvalue weighted by atomic mass is 9.96. The van der Waals surface area contributed by atoms with Crippen LogP contribution >= 0.6 is 48.7 Å². The molecule has 2 aliphatic rings. The lowest BCUT2D eigenvalue weighted by Gasteiger charge is -2.27. The standard InChI is InChI=1S/C34H43N6O9P.C15H23N5O5.C10H7Cl2O2P.C9H17NO2.ClH/c1-5-7-9-12-19-46-31(42)22(3)39-50(44,49-25-17-13-15-23-14-10-11-16-24(23)25)47-20-26-28(41)34(4,43)32(48-26)40-21-36-27-29(40)37-33(35)38-30(27)45-18-8-6-2;1-3-4-5-24-12-9-11(18-14(16)19-12)20(7-17-9)13-15(2,23)10(22)8(6-21)25-13;11-15(12,13)14-10-7-3-5-8-4-1-2-6-9(8)10;1-3-4-5-6-7-12-9(11)8(2)10;/h5-6,10-11,13-17,21-22,26,28,32,41,43H,1-2,7-9,12,18-20H2,3-4H3,(H,39,44)(H2,35,37,38);7-8,10,13,21-23H,3-6H2,1-2H3,(H2,16,18,19);1-7H;3,8H,1,4-7,10H2,2H3;1H/t22-,26?,28+,32?,34+,50?;8?,10-,13?,15-;;8-;/m01.0./s1. The smallest absolute Gasteiger partial charge is 0.459 e. The second-order valence-electron chi connectivity index (χ2n) is 24.0. The van der Waals surface area contributed by atoms with Crippen molar-refractivity contribution in [2.24, 2.45) is 5.73 Å². The number of fused-ring (bicyclic) bond motifs is 4. The minimum absolute atomic E-state index is 0. The Morgan fingerprint density at radius 3 is 1.58 bits per heavy atom. The third kappa shape index (κ3) is 22.9. The third-order valence-corrected chi connectivity index (χ3v) is 18.3. The van der Waals surface area contributed by atoms with Gasteiger partial charge in [-0.1, -0.05) is 104 Å². The largest absolute Gasteiger partial charge is 0.476 e. The van der Waals surface area contributed by atoms with E-state index in [9.17, 15) is 44.3 Å². The van der Waals surface area contributed by atoms with Crippen molar-refractivity contribution >= 4 is 116 Å². The Hall–Kier alpha value is -7.61. The molecule has 4 aromatic heterocycles. The maximum atomic E-state index is 14.4. The molecule has 5 unspecified atom stereocenters. The van der Waals surface area contributed by atoms with Crippen LogP contribution in [0.3, 0.4) is 0 Å². The first-order valence-electron chi connectivity index (χ1n) is 32.9. The summed E-state index contributed by atoms with van der Waals surface area (Å²) in [5.41, 5.74) is 14.6. The first kappa shape index (κ1) is 84.3. The van der Waals surface area contributed by atoms with Crippen molar-refractivity contribution in [3.05, 3.63) is 136 Å². The number of hydrogen-bond acceptors (Lipinski definition) is 27. The van der Waals surface area contributed by atoms with Crippen LogP contribution in [0.1, 0.15) is 105 Å². The topological polar surface area (TPSA) is 430 Å². The summed E-state index contributed by atoms with van der Waals surface area (Å²) >= 11 is 10.7. The van der Waals surface area contributed by atoms with Crippen LogP contribution in [0, 0.1) is 0 Å². The minimum Gasteiger partial charge on any atom is -0.476 e. The number of unbranched alkanes of at least 4 members (excludes halogenated alkanes) is 5. The summed E-state index contributed by atoms with van der Waals surface area (Å²) in [5, 5.41) is 58.8. The molecule has 10 rings (SSSR count). The summed E-state index contributed by atoms with van der Waals surface area (Å²) in [7, 11) is -4.39. The van der Waals surface area contributed by atoms with E-state index >= 15 is 0 Å². The van der Waals surface area contributed by atoms with E-state index in [1.807, 2.05) is 61.5 Å². The van der Waals surface area contributed by atoms with Gasteiger partial charge in [-0.3, -0.25) is 23.2 Å². The number of imidazole rings is 2. The molecule has 0 spiro atoms. The van der Waals surface area contributed by atoms with Crippen LogP contribution in [0.2, 0.25) is 0 Å². The number of carbonyl (C=O) groups excluding carboxylic acids is 2. The highest BCUT2D eigenvalue weighted by Gasteiger charge is 2.55. The van der Waals surface area contributed by atoms with Crippen molar-refractivity contribution in [2.45, 2.75) is 153 Å². The van der Waals surface area contributed by atoms with Gasteiger partial charge in [0, 0.05) is 33.3 Å². The van der Waals surface area contributed by atoms with Gasteiger partial charge in [0.25, 0.3) is 0 Å². The minimum atomic E-state index is -4.39. The van der Waals surface area contributed by atoms with E-state index in [2.05, 4.69) is 54.7 Å². The lowest BCUT2D eigenvalue weighted by Crippen LogP contribution is -2.44. The number of ether oxygens (including phenoxy) is 6. The van der Waals surface area contributed by atoms with Crippen LogP contribution in [0.5, 0.6) is 23.3 Å². The Labute approximate surface area is 611 Å². The normalized spacial score (nSPS) is 21.0. The van der Waals surface area contributed by atoms with Crippen molar-refractivity contribution in [3.63, 3.8) is 0 Å². The number of allylic oxidation sites excluding steroid dienone is 2. The lowest BCUT2D eigenvalue weighted by molar-refractivity contribution is -0.146. The second-order valence-corrected chi connectivity index (χ2v) is 29.9. The number of nitrogens with zero attached hydrogens (tertiary/aromatic N) is 8. The number of nitrogens with two attached hydrogens (primary N) is 3. The van der Waals surface area contributed by atoms with Gasteiger partial charge in [-0.15, -0.1) is 32.1 Å². The molecule has 0 aliphatic carbocycles. The van der Waals surface area contributed by atoms with Gasteiger partial charge in [0.15, 0.2) is 34.8 Å². The molecule has 30 nitrogen and oxygen atoms in total. The van der Waals surface area contributed by atoms with Crippen molar-refractivity contribution in [1.82, 2.24) is 44.1 Å². The molecule has 0 bridgehead atoms. The quantitative estimate of drug-likeness (QED) is 0.00818. The number of benzene rings is 4. The Balaban J connectivity index is 0.000000257. The monoisotopic (exact) mass is 1530 g/mol. The van der Waals surface area contributed by atoms with Gasteiger partial charge in [-0.2, -0.15) is 25.0 Å². The zero-order valence-electron chi connectivity index (χ0n) is 57.7. The Bertz CT molecular complexity index is 4200. The first-order valence-corrected chi connectivity index (χ1v) is 37.9. The highest BCUT2D eigenvalue weighted by molar-refractivity contribution is 8.05. The van der Waals surface area contributed by atoms with E-state index < -0.39 is 93.2 Å². The van der Waals surface area contributed by atoms with Gasteiger partial charge in [-0.05, 0) is 102 Å². The van der Waals surface area contributed by atoms with E-state index in [0.717, 1.165) is 61.1 Å². The fraction of sp³-hybridized carbons (Fsp3) is 0.441. The van der Waals surface area contributed by atoms with Gasteiger partial charge in [-0.25, -0.2) is 19.1 Å². The molecular weight excluding hydrogens is 1440 g/mol. The average molecular weight is 1530 g/mol. The molecule has 11 atom stereocenters. The summed E-state index contributed by atoms with van der Waals surface area (Å²) in [6.45, 7) is 19.3. The highest BCUT2D eigenvalue weighted by atomic mass is 35.9. The van der Waals surface area contributed by atoms with Crippen LogP contribution in [-0.4, -0.2) is 164 Å². The second kappa shape index (κ2) is 39.5. The van der Waals surface area contributed by atoms with E-state index in [1.165, 1.54) is 42.6 Å². The SMILES string of the molecule is C=CCCCCOC(=O)[C@H](C)N.C=CCCCCOC(=O)[C@H](C)NP(=O)(OCC1OC(n2cnc3c(OCCC=C)nc(N)nc32)[C@](C)(O)[C@@H]1O)Oc1cccc2ccccc12.CCCCOc1nc(N)nc2c1ncn2C1OC(CO)[C@@H](O)[C@@]1(C)O.Cl.O=P(Cl)(Cl)Oc1cccc2ccccc12. The predicted molar refractivity (Wildman–Crippen MR) is 394 cm³/mol. The van der Waals surface area contributed by atoms with Gasteiger partial charge >= 0.3 is 25.8 Å². The molecule has 6 heterocycles. The highest BCUT2D eigenvalue weighted by Crippen LogP contribution is 2.58. The zero-order chi connectivity index (χ0) is 74.4. The number of aliphatic hydroxyl groups is 5. The summed E-state index contributed by atoms with van der Waals surface area (Å²) < 4.78 is 78.5. The number of rotatable bonds is 32. The van der Waals surface area contributed by atoms with Crippen LogP contribution in [0.15, 0.2) is 136 Å². The molecule has 12 N–H and O–H groups in total. The Kier molecular flexibility index (Phi) is 32.3. The fourth-order valence-electron chi connectivity index (χ4n) is 10.4. The maximum absolute atomic E-state index is 14.4. The maximum Gasteiger partial charge on any atom is 0.459 e. The van der Waals surface area contributed by atoms with Crippen molar-refractivity contribution in [1.29, 1.82) is 0 Å². The summed E-state index contributed by atoms with van der Waals surface area (Å²) in [6, 6.07) is 23.9. The average Bonchev–Trinajstić information content (AvgIpc) is 1.60. The van der Waals surface area contributed by atoms with E-state index in [1.54, 1.807) is 55.5 Å². The number of aliphatic hydroxyl groups excluding tert-OH is 3. The first-order chi connectivity index (χ1) is 48.6. The van der Waals surface area contributed by atoms with Crippen molar-refractivity contribution in [3.8, 4) is 23.3 Å². The van der Waals surface area contributed by atoms with E-state index in [-0.39, 0.29) is 72.2 Å². The molecule has 562 valence electrons. The van der Waals surface area contributed by atoms with Crippen molar-refractivity contribution < 1.29 is 86.2 Å². The summed E-state index contributed by atoms with van der Waals surface area (Å²) in [4.78, 5) is 48.9. The van der Waals surface area contributed by atoms with Crippen molar-refractivity contribution in [2.75, 3.05) is 51.1 Å². The third-order valence-electron chi connectivity index (χ3n) is 15.8. The van der Waals surface area contributed by atoms with E-state index in [0.29, 0.717) is 48.4 Å². The van der Waals surface area contributed by atoms with Crippen LogP contribution in [0.25, 0.3) is 43.9 Å². The Morgan fingerprint density at radius 2 is 1.12 bits per heavy atom. The summed E-state index contributed by atoms with van der Waals surface area (Å²) in [5.74, 6) is -0.0365. The van der Waals surface area contributed by atoms with Gasteiger partial charge in [0.05, 0.1) is 52.3 Å². The molecule has 0 radical (unpaired) electrons. The molecule has 2 saturated heterocycles. The van der Waals surface area contributed by atoms with Crippen LogP contribution in [-0.2, 0) is 42.2 Å². The number of hydrogen-bond donors (Lipinski definition) is 9. The number of aromatic nitrogens is 8. The van der Waals surface area contributed by atoms with E-state index in [4.69, 9.17) is 81.7 Å². The van der Waals surface area contributed by atoms with Gasteiger partial charge in [0.2, 0.25) is 23.7 Å². The molecule has 103 heavy (non-hydrogen) atoms. The van der Waals surface area contributed by atoms with Gasteiger partial charge in [0.1, 0.15) is 59.2 Å². The fourth-order valence-corrected chi connectivity index (χ4v) is 12.8. The number of esters is 2. The molecule has 4 aromatic carbocycles. The molecule has 0 amide bonds. The summed E-state index contributed by atoms with van der Waals surface area (Å²) in [6.07, 6.45) is 4.83. The predicted octanol–water partition coefficient (Wildman–Crippen LogP) is 10.7. The number of halogens is 3. The van der Waals surface area contributed by atoms with Crippen LogP contribution in [0.4, 0.5) is 11.9 Å². The Morgan fingerprint density at radius 1 is 0.660 bits per heavy atom. The molecule has 2 aliphatic heterocycles.